The zero-order chi connectivity index (χ0) is 18.4. The second-order valence-corrected chi connectivity index (χ2v) is 7.17. The standard InChI is InChI=1S/C20H27N3O2/c1-14(24)9-15-5-4-6-16(10-15)11-20(2,3)23-13-18(25)17-7-8-19(21)22-12-17/h4-8,10,12,18,23,25H,9,11,13H2,1-3H3,(H2,21,22)/t18-/m0/s1. The van der Waals surface area contributed by atoms with Crippen LogP contribution in [0.2, 0.25) is 0 Å². The average Bonchev–Trinajstić information content (AvgIpc) is 2.52. The third-order valence-corrected chi connectivity index (χ3v) is 4.06. The summed E-state index contributed by atoms with van der Waals surface area (Å²) in [5.74, 6) is 0.601. The van der Waals surface area contributed by atoms with Crippen LogP contribution in [0.15, 0.2) is 42.6 Å². The van der Waals surface area contributed by atoms with Gasteiger partial charge in [-0.1, -0.05) is 30.3 Å². The highest BCUT2D eigenvalue weighted by atomic mass is 16.3. The predicted molar refractivity (Wildman–Crippen MR) is 100 cm³/mol. The van der Waals surface area contributed by atoms with Crippen molar-refractivity contribution in [1.29, 1.82) is 0 Å². The molecule has 0 radical (unpaired) electrons. The molecule has 0 saturated heterocycles. The maximum absolute atomic E-state index is 11.3. The molecule has 5 heteroatoms. The molecule has 1 heterocycles. The minimum Gasteiger partial charge on any atom is -0.387 e. The number of anilines is 1. The third-order valence-electron chi connectivity index (χ3n) is 4.06. The first kappa shape index (κ1) is 19.1. The summed E-state index contributed by atoms with van der Waals surface area (Å²) >= 11 is 0. The highest BCUT2D eigenvalue weighted by Crippen LogP contribution is 2.17. The van der Waals surface area contributed by atoms with Gasteiger partial charge in [-0.2, -0.15) is 0 Å². The molecule has 0 fully saturated rings. The Balaban J connectivity index is 1.94. The van der Waals surface area contributed by atoms with E-state index in [0.717, 1.165) is 17.5 Å². The quantitative estimate of drug-likeness (QED) is 0.686. The number of aliphatic hydroxyl groups is 1. The first-order valence-electron chi connectivity index (χ1n) is 8.47. The van der Waals surface area contributed by atoms with E-state index < -0.39 is 6.10 Å². The molecule has 0 spiro atoms. The van der Waals surface area contributed by atoms with Crippen LogP contribution in [0.25, 0.3) is 0 Å². The number of benzene rings is 1. The van der Waals surface area contributed by atoms with Gasteiger partial charge in [0, 0.05) is 30.3 Å². The SMILES string of the molecule is CC(=O)Cc1cccc(CC(C)(C)NC[C@H](O)c2ccc(N)nc2)c1. The second-order valence-electron chi connectivity index (χ2n) is 7.17. The van der Waals surface area contributed by atoms with Gasteiger partial charge in [0.25, 0.3) is 0 Å². The number of nitrogens with one attached hydrogen (secondary N) is 1. The van der Waals surface area contributed by atoms with Gasteiger partial charge < -0.3 is 16.2 Å². The van der Waals surface area contributed by atoms with E-state index in [9.17, 15) is 9.90 Å². The third kappa shape index (κ3) is 6.29. The second kappa shape index (κ2) is 8.23. The number of pyridine rings is 1. The van der Waals surface area contributed by atoms with Crippen molar-refractivity contribution < 1.29 is 9.90 Å². The lowest BCUT2D eigenvalue weighted by molar-refractivity contribution is -0.116. The van der Waals surface area contributed by atoms with Crippen LogP contribution in [0.3, 0.4) is 0 Å². The van der Waals surface area contributed by atoms with Gasteiger partial charge in [0.1, 0.15) is 11.6 Å². The minimum absolute atomic E-state index is 0.162. The molecule has 0 aliphatic carbocycles. The molecule has 1 aromatic heterocycles. The van der Waals surface area contributed by atoms with Gasteiger partial charge in [0.05, 0.1) is 6.10 Å². The highest BCUT2D eigenvalue weighted by Gasteiger charge is 2.20. The van der Waals surface area contributed by atoms with Crippen LogP contribution in [0.1, 0.15) is 43.6 Å². The van der Waals surface area contributed by atoms with Crippen molar-refractivity contribution in [3.8, 4) is 0 Å². The van der Waals surface area contributed by atoms with Crippen LogP contribution in [0.4, 0.5) is 5.82 Å². The topological polar surface area (TPSA) is 88.2 Å². The Morgan fingerprint density at radius 3 is 2.64 bits per heavy atom. The molecule has 5 nitrogen and oxygen atoms in total. The molecular weight excluding hydrogens is 314 g/mol. The van der Waals surface area contributed by atoms with E-state index in [1.807, 2.05) is 12.1 Å². The Morgan fingerprint density at radius 1 is 1.28 bits per heavy atom. The van der Waals surface area contributed by atoms with E-state index in [2.05, 4.69) is 36.3 Å². The molecule has 25 heavy (non-hydrogen) atoms. The van der Waals surface area contributed by atoms with E-state index >= 15 is 0 Å². The van der Waals surface area contributed by atoms with Gasteiger partial charge >= 0.3 is 0 Å². The molecule has 2 rings (SSSR count). The van der Waals surface area contributed by atoms with Crippen molar-refractivity contribution in [2.75, 3.05) is 12.3 Å². The van der Waals surface area contributed by atoms with Crippen molar-refractivity contribution in [1.82, 2.24) is 10.3 Å². The van der Waals surface area contributed by atoms with Gasteiger partial charge in [-0.25, -0.2) is 4.98 Å². The Morgan fingerprint density at radius 2 is 2.00 bits per heavy atom. The number of nitrogens with zero attached hydrogens (tertiary/aromatic N) is 1. The highest BCUT2D eigenvalue weighted by molar-refractivity contribution is 5.78. The lowest BCUT2D eigenvalue weighted by Gasteiger charge is -2.28. The number of aromatic nitrogens is 1. The van der Waals surface area contributed by atoms with Gasteiger partial charge in [-0.15, -0.1) is 0 Å². The van der Waals surface area contributed by atoms with Crippen LogP contribution in [0, 0.1) is 0 Å². The number of hydrogen-bond acceptors (Lipinski definition) is 5. The Kier molecular flexibility index (Phi) is 6.28. The van der Waals surface area contributed by atoms with E-state index in [0.29, 0.717) is 18.8 Å². The first-order valence-corrected chi connectivity index (χ1v) is 8.47. The van der Waals surface area contributed by atoms with Crippen LogP contribution < -0.4 is 11.1 Å². The molecule has 2 aromatic rings. The number of aliphatic hydroxyl groups excluding tert-OH is 1. The molecule has 134 valence electrons. The normalized spacial score (nSPS) is 12.8. The maximum atomic E-state index is 11.3. The van der Waals surface area contributed by atoms with Gasteiger partial charge in [-0.3, -0.25) is 4.79 Å². The van der Waals surface area contributed by atoms with E-state index in [-0.39, 0.29) is 11.3 Å². The molecule has 0 bridgehead atoms. The number of carbonyl (C=O) groups is 1. The molecule has 0 unspecified atom stereocenters. The lowest BCUT2D eigenvalue weighted by Crippen LogP contribution is -2.43. The fourth-order valence-electron chi connectivity index (χ4n) is 2.81. The number of Topliss-reactive ketones (excluding diaryl/α,β-unsaturated/α-hetero) is 1. The zero-order valence-electron chi connectivity index (χ0n) is 15.1. The minimum atomic E-state index is -0.642. The molecule has 1 atom stereocenters. The van der Waals surface area contributed by atoms with Gasteiger partial charge in [-0.05, 0) is 44.4 Å². The summed E-state index contributed by atoms with van der Waals surface area (Å²) in [5.41, 5.74) is 8.31. The van der Waals surface area contributed by atoms with Crippen molar-refractivity contribution in [2.45, 2.75) is 45.3 Å². The van der Waals surface area contributed by atoms with Crippen LogP contribution >= 0.6 is 0 Å². The summed E-state index contributed by atoms with van der Waals surface area (Å²) in [4.78, 5) is 15.3. The summed E-state index contributed by atoms with van der Waals surface area (Å²) in [5, 5.41) is 13.7. The predicted octanol–water partition coefficient (Wildman–Crippen LogP) is 2.44. The Bertz CT molecular complexity index is 711. The van der Waals surface area contributed by atoms with Crippen molar-refractivity contribution in [3.63, 3.8) is 0 Å². The summed E-state index contributed by atoms with van der Waals surface area (Å²) in [6, 6.07) is 11.6. The van der Waals surface area contributed by atoms with Crippen molar-refractivity contribution in [2.24, 2.45) is 0 Å². The largest absolute Gasteiger partial charge is 0.387 e. The summed E-state index contributed by atoms with van der Waals surface area (Å²) in [6.45, 7) is 6.22. The molecule has 0 aliphatic heterocycles. The van der Waals surface area contributed by atoms with Gasteiger partial charge in [0.2, 0.25) is 0 Å². The summed E-state index contributed by atoms with van der Waals surface area (Å²) in [6.07, 6.45) is 2.21. The first-order chi connectivity index (χ1) is 11.7. The maximum Gasteiger partial charge on any atom is 0.134 e. The van der Waals surface area contributed by atoms with Crippen molar-refractivity contribution >= 4 is 11.6 Å². The molecule has 1 aromatic carbocycles. The van der Waals surface area contributed by atoms with Crippen LogP contribution in [0.5, 0.6) is 0 Å². The van der Waals surface area contributed by atoms with Gasteiger partial charge in [0.15, 0.2) is 0 Å². The zero-order valence-corrected chi connectivity index (χ0v) is 15.1. The molecule has 0 amide bonds. The number of rotatable bonds is 8. The Labute approximate surface area is 149 Å². The number of nitrogen functional groups attached to an aromatic ring is 1. The number of hydrogen-bond donors (Lipinski definition) is 3. The average molecular weight is 341 g/mol. The number of nitrogens with two attached hydrogens (primary N) is 1. The fraction of sp³-hybridized carbons (Fsp3) is 0.400. The van der Waals surface area contributed by atoms with E-state index in [4.69, 9.17) is 5.73 Å². The molecular formula is C20H27N3O2. The van der Waals surface area contributed by atoms with E-state index in [1.165, 1.54) is 5.56 Å². The van der Waals surface area contributed by atoms with E-state index in [1.54, 1.807) is 25.3 Å². The smallest absolute Gasteiger partial charge is 0.134 e. The van der Waals surface area contributed by atoms with Crippen LogP contribution in [-0.4, -0.2) is 28.0 Å². The number of carbonyl (C=O) groups excluding carboxylic acids is 1. The monoisotopic (exact) mass is 341 g/mol. The number of β-amino-alcohol motifs (C(OH)–C–C–N with tert-alkyl or cyclic N) is 1. The fourth-order valence-corrected chi connectivity index (χ4v) is 2.81. The molecule has 0 saturated carbocycles. The summed E-state index contributed by atoms with van der Waals surface area (Å²) in [7, 11) is 0. The van der Waals surface area contributed by atoms with Crippen molar-refractivity contribution in [3.05, 3.63) is 59.3 Å². The van der Waals surface area contributed by atoms with Crippen LogP contribution in [-0.2, 0) is 17.6 Å². The summed E-state index contributed by atoms with van der Waals surface area (Å²) < 4.78 is 0. The molecule has 0 aliphatic rings. The lowest BCUT2D eigenvalue weighted by atomic mass is 9.93. The number of ketones is 1. The molecule has 4 N–H and O–H groups in total. The Hall–Kier alpha value is -2.24.